The van der Waals surface area contributed by atoms with Crippen molar-refractivity contribution in [3.05, 3.63) is 59.7 Å². The van der Waals surface area contributed by atoms with E-state index in [1.807, 2.05) is 36.4 Å². The largest absolute Gasteiger partial charge is 0.497 e. The molecule has 1 aliphatic rings. The molecule has 1 fully saturated rings. The lowest BCUT2D eigenvalue weighted by molar-refractivity contribution is 0.0934. The molecule has 150 valence electrons. The highest BCUT2D eigenvalue weighted by Gasteiger charge is 2.24. The zero-order chi connectivity index (χ0) is 19.8. The number of rotatable bonds is 9. The van der Waals surface area contributed by atoms with Crippen molar-refractivity contribution >= 4 is 5.91 Å². The number of methoxy groups -OCH3 is 1. The maximum Gasteiger partial charge on any atom is 0.255 e. The van der Waals surface area contributed by atoms with Crippen LogP contribution in [0.15, 0.2) is 48.5 Å². The van der Waals surface area contributed by atoms with Crippen molar-refractivity contribution in [2.75, 3.05) is 33.4 Å². The number of para-hydroxylation sites is 1. The first-order chi connectivity index (χ1) is 13.7. The van der Waals surface area contributed by atoms with E-state index in [2.05, 4.69) is 29.3 Å². The minimum atomic E-state index is -0.0931. The van der Waals surface area contributed by atoms with Crippen LogP contribution in [0.4, 0.5) is 0 Å². The number of carbonyl (C=O) groups excluding carboxylic acids is 1. The highest BCUT2D eigenvalue weighted by atomic mass is 16.5. The van der Waals surface area contributed by atoms with E-state index in [0.29, 0.717) is 24.5 Å². The van der Waals surface area contributed by atoms with Gasteiger partial charge in [-0.1, -0.05) is 31.2 Å². The van der Waals surface area contributed by atoms with Gasteiger partial charge in [-0.25, -0.2) is 0 Å². The number of nitrogens with zero attached hydrogens (tertiary/aromatic N) is 1. The van der Waals surface area contributed by atoms with Crippen molar-refractivity contribution in [3.8, 4) is 11.5 Å². The van der Waals surface area contributed by atoms with Crippen LogP contribution in [0.1, 0.15) is 48.1 Å². The van der Waals surface area contributed by atoms with E-state index in [4.69, 9.17) is 9.47 Å². The Labute approximate surface area is 167 Å². The fourth-order valence-electron chi connectivity index (χ4n) is 3.61. The third-order valence-corrected chi connectivity index (χ3v) is 5.13. The highest BCUT2D eigenvalue weighted by molar-refractivity contribution is 5.96. The molecule has 1 N–H and O–H groups in total. The standard InChI is InChI=1S/C23H30N2O3/c1-3-16-28-22-9-5-4-8-20(22)23(26)24-17-21(25-14-6-7-15-25)18-10-12-19(27-2)13-11-18/h4-5,8-13,21H,3,6-7,14-17H2,1-2H3,(H,24,26)/t21-/m1/s1. The molecule has 0 radical (unpaired) electrons. The molecular weight excluding hydrogens is 352 g/mol. The van der Waals surface area contributed by atoms with Crippen LogP contribution in [-0.4, -0.2) is 44.2 Å². The monoisotopic (exact) mass is 382 g/mol. The summed E-state index contributed by atoms with van der Waals surface area (Å²) < 4.78 is 11.0. The molecule has 1 heterocycles. The maximum absolute atomic E-state index is 12.9. The van der Waals surface area contributed by atoms with E-state index in [1.54, 1.807) is 7.11 Å². The summed E-state index contributed by atoms with van der Waals surface area (Å²) in [7, 11) is 1.67. The third kappa shape index (κ3) is 5.04. The van der Waals surface area contributed by atoms with Crippen molar-refractivity contribution in [2.24, 2.45) is 0 Å². The molecular formula is C23H30N2O3. The molecule has 0 aliphatic carbocycles. The van der Waals surface area contributed by atoms with Gasteiger partial charge in [-0.15, -0.1) is 0 Å². The van der Waals surface area contributed by atoms with Crippen molar-refractivity contribution < 1.29 is 14.3 Å². The van der Waals surface area contributed by atoms with E-state index in [1.165, 1.54) is 18.4 Å². The van der Waals surface area contributed by atoms with E-state index in [-0.39, 0.29) is 11.9 Å². The summed E-state index contributed by atoms with van der Waals surface area (Å²) in [5.41, 5.74) is 1.78. The van der Waals surface area contributed by atoms with Crippen LogP contribution in [0.5, 0.6) is 11.5 Å². The summed E-state index contributed by atoms with van der Waals surface area (Å²) in [6.07, 6.45) is 3.31. The number of hydrogen-bond acceptors (Lipinski definition) is 4. The number of likely N-dealkylation sites (tertiary alicyclic amines) is 1. The highest BCUT2D eigenvalue weighted by Crippen LogP contribution is 2.26. The van der Waals surface area contributed by atoms with E-state index < -0.39 is 0 Å². The van der Waals surface area contributed by atoms with Gasteiger partial charge in [0.05, 0.1) is 25.3 Å². The zero-order valence-electron chi connectivity index (χ0n) is 16.8. The molecule has 2 aromatic rings. The summed E-state index contributed by atoms with van der Waals surface area (Å²) in [5.74, 6) is 1.39. The Bertz CT molecular complexity index is 755. The topological polar surface area (TPSA) is 50.8 Å². The minimum absolute atomic E-state index is 0.0931. The van der Waals surface area contributed by atoms with Gasteiger partial charge in [0.15, 0.2) is 0 Å². The summed E-state index contributed by atoms with van der Waals surface area (Å²) in [6.45, 7) is 5.34. The summed E-state index contributed by atoms with van der Waals surface area (Å²) in [6, 6.07) is 15.7. The predicted molar refractivity (Wildman–Crippen MR) is 111 cm³/mol. The Kier molecular flexibility index (Phi) is 7.31. The number of amides is 1. The molecule has 0 bridgehead atoms. The molecule has 0 aromatic heterocycles. The molecule has 1 saturated heterocycles. The molecule has 1 atom stereocenters. The maximum atomic E-state index is 12.9. The summed E-state index contributed by atoms with van der Waals surface area (Å²) in [4.78, 5) is 15.3. The van der Waals surface area contributed by atoms with Crippen LogP contribution in [0.25, 0.3) is 0 Å². The fourth-order valence-corrected chi connectivity index (χ4v) is 3.61. The van der Waals surface area contributed by atoms with Gasteiger partial charge < -0.3 is 14.8 Å². The Morgan fingerprint density at radius 3 is 2.50 bits per heavy atom. The third-order valence-electron chi connectivity index (χ3n) is 5.13. The fraction of sp³-hybridized carbons (Fsp3) is 0.435. The first-order valence-electron chi connectivity index (χ1n) is 10.1. The van der Waals surface area contributed by atoms with Crippen molar-refractivity contribution in [1.82, 2.24) is 10.2 Å². The predicted octanol–water partition coefficient (Wildman–Crippen LogP) is 4.05. The number of hydrogen-bond donors (Lipinski definition) is 1. The lowest BCUT2D eigenvalue weighted by atomic mass is 10.0. The number of ether oxygens (including phenoxy) is 2. The molecule has 0 saturated carbocycles. The van der Waals surface area contributed by atoms with Crippen LogP contribution >= 0.6 is 0 Å². The van der Waals surface area contributed by atoms with Crippen LogP contribution in [0, 0.1) is 0 Å². The SMILES string of the molecule is CCCOc1ccccc1C(=O)NC[C@H](c1ccc(OC)cc1)N1CCCC1. The van der Waals surface area contributed by atoms with Gasteiger partial charge in [0.2, 0.25) is 0 Å². The Balaban J connectivity index is 1.72. The Hall–Kier alpha value is -2.53. The van der Waals surface area contributed by atoms with Crippen molar-refractivity contribution in [3.63, 3.8) is 0 Å². The van der Waals surface area contributed by atoms with Gasteiger partial charge in [0.25, 0.3) is 5.91 Å². The van der Waals surface area contributed by atoms with Gasteiger partial charge >= 0.3 is 0 Å². The minimum Gasteiger partial charge on any atom is -0.497 e. The van der Waals surface area contributed by atoms with E-state index in [0.717, 1.165) is 25.3 Å². The molecule has 0 unspecified atom stereocenters. The zero-order valence-corrected chi connectivity index (χ0v) is 16.8. The number of carbonyl (C=O) groups is 1. The van der Waals surface area contributed by atoms with Crippen molar-refractivity contribution in [1.29, 1.82) is 0 Å². The van der Waals surface area contributed by atoms with Crippen LogP contribution in [0.3, 0.4) is 0 Å². The molecule has 5 heteroatoms. The second kappa shape index (κ2) is 10.1. The van der Waals surface area contributed by atoms with Gasteiger partial charge in [0.1, 0.15) is 11.5 Å². The molecule has 5 nitrogen and oxygen atoms in total. The first-order valence-corrected chi connectivity index (χ1v) is 10.1. The second-order valence-corrected chi connectivity index (χ2v) is 7.09. The molecule has 28 heavy (non-hydrogen) atoms. The molecule has 3 rings (SSSR count). The van der Waals surface area contributed by atoms with Crippen molar-refractivity contribution in [2.45, 2.75) is 32.2 Å². The van der Waals surface area contributed by atoms with Gasteiger partial charge in [0, 0.05) is 6.54 Å². The van der Waals surface area contributed by atoms with E-state index >= 15 is 0 Å². The summed E-state index contributed by atoms with van der Waals surface area (Å²) >= 11 is 0. The summed E-state index contributed by atoms with van der Waals surface area (Å²) in [5, 5.41) is 3.13. The molecule has 1 aliphatic heterocycles. The molecule has 1 amide bonds. The molecule has 0 spiro atoms. The Morgan fingerprint density at radius 1 is 1.11 bits per heavy atom. The smallest absolute Gasteiger partial charge is 0.255 e. The van der Waals surface area contributed by atoms with Gasteiger partial charge in [-0.3, -0.25) is 9.69 Å². The van der Waals surface area contributed by atoms with E-state index in [9.17, 15) is 4.79 Å². The van der Waals surface area contributed by atoms with Gasteiger partial charge in [-0.05, 0) is 62.2 Å². The average Bonchev–Trinajstić information content (AvgIpc) is 3.27. The van der Waals surface area contributed by atoms with Gasteiger partial charge in [-0.2, -0.15) is 0 Å². The first kappa shape index (κ1) is 20.2. The lowest BCUT2D eigenvalue weighted by Crippen LogP contribution is -2.37. The second-order valence-electron chi connectivity index (χ2n) is 7.09. The lowest BCUT2D eigenvalue weighted by Gasteiger charge is -2.28. The number of nitrogens with one attached hydrogen (secondary N) is 1. The number of benzene rings is 2. The quantitative estimate of drug-likeness (QED) is 0.711. The Morgan fingerprint density at radius 2 is 1.82 bits per heavy atom. The van der Waals surface area contributed by atoms with Crippen LogP contribution in [-0.2, 0) is 0 Å². The normalized spacial score (nSPS) is 15.2. The van der Waals surface area contributed by atoms with Crippen LogP contribution < -0.4 is 14.8 Å². The average molecular weight is 383 g/mol. The van der Waals surface area contributed by atoms with Crippen LogP contribution in [0.2, 0.25) is 0 Å². The molecule has 2 aromatic carbocycles.